The van der Waals surface area contributed by atoms with E-state index in [0.29, 0.717) is 30.9 Å². The number of hydrogen-bond acceptors (Lipinski definition) is 7. The van der Waals surface area contributed by atoms with Gasteiger partial charge in [0.15, 0.2) is 0 Å². The molecule has 2 N–H and O–H groups in total. The smallest absolute Gasteiger partial charge is 0.270 e. The van der Waals surface area contributed by atoms with Crippen molar-refractivity contribution in [3.8, 4) is 5.75 Å². The molecule has 0 aromatic heterocycles. The van der Waals surface area contributed by atoms with E-state index in [4.69, 9.17) is 4.74 Å². The number of piperazine rings is 1. The van der Waals surface area contributed by atoms with Gasteiger partial charge in [-0.2, -0.15) is 0 Å². The molecule has 0 bridgehead atoms. The highest BCUT2D eigenvalue weighted by Crippen LogP contribution is 2.31. The largest absolute Gasteiger partial charge is 0.495 e. The van der Waals surface area contributed by atoms with E-state index < -0.39 is 10.8 Å². The number of rotatable bonds is 9. The van der Waals surface area contributed by atoms with E-state index in [-0.39, 0.29) is 17.2 Å². The number of nitrogens with zero attached hydrogens (tertiary/aromatic N) is 3. The minimum absolute atomic E-state index is 0.160. The molecule has 0 unspecified atom stereocenters. The second kappa shape index (κ2) is 12.1. The summed E-state index contributed by atoms with van der Waals surface area (Å²) in [5.74, 6) is 0.108. The highest BCUT2D eigenvalue weighted by atomic mass is 16.6. The highest BCUT2D eigenvalue weighted by molar-refractivity contribution is 6.06. The van der Waals surface area contributed by atoms with Crippen molar-refractivity contribution in [1.82, 2.24) is 5.32 Å². The standard InChI is InChI=1S/C28H31N5O5/c1-3-13-29-28(35)23-19-21(30-27(34)20-7-6-8-22(18-20)33(36)37)11-12-24(23)31-14-16-32(17-15-31)25-9-4-5-10-26(25)38-2/h4-12,18-19H,3,13-17H2,1-2H3,(H,29,35)(H,30,34). The van der Waals surface area contributed by atoms with Gasteiger partial charge in [0.2, 0.25) is 0 Å². The minimum atomic E-state index is -0.546. The number of nitro groups is 1. The van der Waals surface area contributed by atoms with Crippen LogP contribution in [-0.2, 0) is 0 Å². The van der Waals surface area contributed by atoms with E-state index in [0.717, 1.165) is 36.6 Å². The van der Waals surface area contributed by atoms with Gasteiger partial charge in [0, 0.05) is 61.8 Å². The van der Waals surface area contributed by atoms with Crippen LogP contribution in [0.1, 0.15) is 34.1 Å². The fraction of sp³-hybridized carbons (Fsp3) is 0.286. The van der Waals surface area contributed by atoms with Crippen molar-refractivity contribution < 1.29 is 19.2 Å². The summed E-state index contributed by atoms with van der Waals surface area (Å²) in [5, 5.41) is 16.8. The van der Waals surface area contributed by atoms with Crippen LogP contribution in [0.4, 0.5) is 22.7 Å². The van der Waals surface area contributed by atoms with Crippen molar-refractivity contribution in [2.75, 3.05) is 55.0 Å². The van der Waals surface area contributed by atoms with E-state index in [1.165, 1.54) is 24.3 Å². The first-order valence-corrected chi connectivity index (χ1v) is 12.5. The van der Waals surface area contributed by atoms with Crippen LogP contribution < -0.4 is 25.2 Å². The Labute approximate surface area is 221 Å². The van der Waals surface area contributed by atoms with Crippen molar-refractivity contribution in [2.45, 2.75) is 13.3 Å². The number of methoxy groups -OCH3 is 1. The molecular weight excluding hydrogens is 486 g/mol. The third kappa shape index (κ3) is 6.03. The molecule has 4 rings (SSSR count). The Kier molecular flexibility index (Phi) is 8.42. The molecule has 3 aromatic carbocycles. The van der Waals surface area contributed by atoms with Gasteiger partial charge in [-0.1, -0.05) is 25.1 Å². The fourth-order valence-corrected chi connectivity index (χ4v) is 4.45. The van der Waals surface area contributed by atoms with Crippen LogP contribution in [0.15, 0.2) is 66.7 Å². The maximum Gasteiger partial charge on any atom is 0.270 e. The number of ether oxygens (including phenoxy) is 1. The summed E-state index contributed by atoms with van der Waals surface area (Å²) >= 11 is 0. The molecule has 0 spiro atoms. The first-order chi connectivity index (χ1) is 18.4. The van der Waals surface area contributed by atoms with Gasteiger partial charge in [0.1, 0.15) is 5.75 Å². The van der Waals surface area contributed by atoms with Crippen molar-refractivity contribution in [3.63, 3.8) is 0 Å². The second-order valence-electron chi connectivity index (χ2n) is 8.90. The molecule has 1 heterocycles. The molecule has 1 aliphatic rings. The molecule has 0 aliphatic carbocycles. The molecule has 3 aromatic rings. The molecule has 10 nitrogen and oxygen atoms in total. The van der Waals surface area contributed by atoms with E-state index in [1.54, 1.807) is 19.2 Å². The summed E-state index contributed by atoms with van der Waals surface area (Å²) in [4.78, 5) is 40.9. The monoisotopic (exact) mass is 517 g/mol. The number of amides is 2. The van der Waals surface area contributed by atoms with Gasteiger partial charge in [-0.3, -0.25) is 19.7 Å². The Bertz CT molecular complexity index is 1320. The van der Waals surface area contributed by atoms with Crippen LogP contribution in [0.25, 0.3) is 0 Å². The number of carbonyl (C=O) groups excluding carboxylic acids is 2. The Morgan fingerprint density at radius 2 is 1.63 bits per heavy atom. The van der Waals surface area contributed by atoms with E-state index >= 15 is 0 Å². The van der Waals surface area contributed by atoms with E-state index in [2.05, 4.69) is 20.4 Å². The number of benzene rings is 3. The first-order valence-electron chi connectivity index (χ1n) is 12.5. The molecule has 10 heteroatoms. The molecule has 1 saturated heterocycles. The summed E-state index contributed by atoms with van der Waals surface area (Å²) in [5.41, 5.74) is 2.70. The fourth-order valence-electron chi connectivity index (χ4n) is 4.45. The zero-order valence-corrected chi connectivity index (χ0v) is 21.5. The van der Waals surface area contributed by atoms with Gasteiger partial charge < -0.3 is 25.2 Å². The number of hydrogen-bond donors (Lipinski definition) is 2. The van der Waals surface area contributed by atoms with Crippen molar-refractivity contribution in [2.24, 2.45) is 0 Å². The third-order valence-corrected chi connectivity index (χ3v) is 6.40. The predicted molar refractivity (Wildman–Crippen MR) is 148 cm³/mol. The summed E-state index contributed by atoms with van der Waals surface area (Å²) in [6.45, 7) is 5.42. The quantitative estimate of drug-likeness (QED) is 0.321. The van der Waals surface area contributed by atoms with Crippen LogP contribution >= 0.6 is 0 Å². The zero-order valence-electron chi connectivity index (χ0n) is 21.5. The summed E-state index contributed by atoms with van der Waals surface area (Å²) in [6, 6.07) is 18.7. The summed E-state index contributed by atoms with van der Waals surface area (Å²) in [7, 11) is 1.66. The molecule has 0 radical (unpaired) electrons. The van der Waals surface area contributed by atoms with Gasteiger partial charge in [-0.15, -0.1) is 0 Å². The lowest BCUT2D eigenvalue weighted by molar-refractivity contribution is -0.384. The number of para-hydroxylation sites is 2. The average Bonchev–Trinajstić information content (AvgIpc) is 2.96. The molecule has 2 amide bonds. The average molecular weight is 518 g/mol. The normalized spacial score (nSPS) is 13.1. The Morgan fingerprint density at radius 3 is 2.32 bits per heavy atom. The molecule has 38 heavy (non-hydrogen) atoms. The molecule has 0 atom stereocenters. The summed E-state index contributed by atoms with van der Waals surface area (Å²) < 4.78 is 5.52. The van der Waals surface area contributed by atoms with Gasteiger partial charge in [-0.05, 0) is 42.8 Å². The number of nitrogens with one attached hydrogen (secondary N) is 2. The molecule has 1 aliphatic heterocycles. The summed E-state index contributed by atoms with van der Waals surface area (Å²) in [6.07, 6.45) is 0.794. The number of carbonyl (C=O) groups is 2. The Hall–Kier alpha value is -4.60. The van der Waals surface area contributed by atoms with Crippen LogP contribution in [0.2, 0.25) is 0 Å². The maximum atomic E-state index is 13.1. The minimum Gasteiger partial charge on any atom is -0.495 e. The Balaban J connectivity index is 1.54. The van der Waals surface area contributed by atoms with Crippen LogP contribution in [0, 0.1) is 10.1 Å². The van der Waals surface area contributed by atoms with Crippen LogP contribution in [-0.4, -0.2) is 56.6 Å². The van der Waals surface area contributed by atoms with Gasteiger partial charge in [-0.25, -0.2) is 0 Å². The molecule has 1 fully saturated rings. The molecule has 198 valence electrons. The lowest BCUT2D eigenvalue weighted by atomic mass is 10.1. The zero-order chi connectivity index (χ0) is 27.1. The van der Waals surface area contributed by atoms with Crippen LogP contribution in [0.5, 0.6) is 5.75 Å². The lowest BCUT2D eigenvalue weighted by Gasteiger charge is -2.38. The van der Waals surface area contributed by atoms with E-state index in [1.807, 2.05) is 37.3 Å². The van der Waals surface area contributed by atoms with Gasteiger partial charge >= 0.3 is 0 Å². The van der Waals surface area contributed by atoms with Crippen molar-refractivity contribution in [1.29, 1.82) is 0 Å². The van der Waals surface area contributed by atoms with E-state index in [9.17, 15) is 19.7 Å². The number of nitro benzene ring substituents is 1. The highest BCUT2D eigenvalue weighted by Gasteiger charge is 2.24. The predicted octanol–water partition coefficient (Wildman–Crippen LogP) is 4.32. The van der Waals surface area contributed by atoms with Gasteiger partial charge in [0.05, 0.1) is 23.3 Å². The lowest BCUT2D eigenvalue weighted by Crippen LogP contribution is -2.47. The van der Waals surface area contributed by atoms with Crippen LogP contribution in [0.3, 0.4) is 0 Å². The second-order valence-corrected chi connectivity index (χ2v) is 8.90. The number of non-ortho nitro benzene ring substituents is 1. The van der Waals surface area contributed by atoms with Crippen molar-refractivity contribution >= 4 is 34.6 Å². The van der Waals surface area contributed by atoms with Crippen molar-refractivity contribution in [3.05, 3.63) is 88.0 Å². The molecular formula is C28H31N5O5. The number of anilines is 3. The maximum absolute atomic E-state index is 13.1. The van der Waals surface area contributed by atoms with Gasteiger partial charge in [0.25, 0.3) is 17.5 Å². The Morgan fingerprint density at radius 1 is 0.921 bits per heavy atom. The first kappa shape index (κ1) is 26.5. The molecule has 0 saturated carbocycles. The SMILES string of the molecule is CCCNC(=O)c1cc(NC(=O)c2cccc([N+](=O)[O-])c2)ccc1N1CCN(c2ccccc2OC)CC1. The third-order valence-electron chi connectivity index (χ3n) is 6.40. The topological polar surface area (TPSA) is 117 Å².